The second-order valence-corrected chi connectivity index (χ2v) is 9.69. The van der Waals surface area contributed by atoms with Crippen LogP contribution in [0.2, 0.25) is 0 Å². The van der Waals surface area contributed by atoms with Crippen molar-refractivity contribution in [2.45, 2.75) is 61.9 Å². The van der Waals surface area contributed by atoms with Crippen LogP contribution in [-0.4, -0.2) is 62.3 Å². The summed E-state index contributed by atoms with van der Waals surface area (Å²) in [6, 6.07) is 2.93. The van der Waals surface area contributed by atoms with Crippen LogP contribution >= 0.6 is 0 Å². The molecule has 0 unspecified atom stereocenters. The summed E-state index contributed by atoms with van der Waals surface area (Å²) in [4.78, 5) is 24.8. The molecule has 34 heavy (non-hydrogen) atoms. The van der Waals surface area contributed by atoms with Gasteiger partial charge in [-0.2, -0.15) is 5.10 Å². The summed E-state index contributed by atoms with van der Waals surface area (Å²) in [6.07, 6.45) is 0.882. The fourth-order valence-electron chi connectivity index (χ4n) is 4.84. The molecule has 5 fully saturated rings. The molecule has 13 heteroatoms. The van der Waals surface area contributed by atoms with Crippen LogP contribution in [0.3, 0.4) is 0 Å². The van der Waals surface area contributed by atoms with Crippen LogP contribution < -0.4 is 15.4 Å². The van der Waals surface area contributed by atoms with E-state index in [1.807, 2.05) is 0 Å². The van der Waals surface area contributed by atoms with Gasteiger partial charge >= 0.3 is 6.09 Å². The van der Waals surface area contributed by atoms with Crippen molar-refractivity contribution < 1.29 is 32.6 Å². The van der Waals surface area contributed by atoms with Crippen molar-refractivity contribution in [3.05, 3.63) is 23.5 Å². The lowest BCUT2D eigenvalue weighted by Crippen LogP contribution is -2.68. The van der Waals surface area contributed by atoms with Gasteiger partial charge in [0.25, 0.3) is 11.8 Å². The molecule has 0 spiro atoms. The van der Waals surface area contributed by atoms with Crippen LogP contribution in [-0.2, 0) is 16.5 Å². The van der Waals surface area contributed by atoms with Gasteiger partial charge in [0.15, 0.2) is 11.9 Å². The monoisotopic (exact) mass is 478 g/mol. The van der Waals surface area contributed by atoms with Crippen molar-refractivity contribution in [2.75, 3.05) is 11.9 Å². The molecule has 2 aromatic rings. The van der Waals surface area contributed by atoms with E-state index in [0.29, 0.717) is 12.1 Å². The Bertz CT molecular complexity index is 1130. The number of aryl methyl sites for hydroxylation is 1. The molecular formula is C21H24F2N6O5. The maximum Gasteiger partial charge on any atom is 0.407 e. The first kappa shape index (κ1) is 21.3. The summed E-state index contributed by atoms with van der Waals surface area (Å²) >= 11 is 0. The third-order valence-electron chi connectivity index (χ3n) is 6.95. The van der Waals surface area contributed by atoms with E-state index in [2.05, 4.69) is 25.9 Å². The van der Waals surface area contributed by atoms with E-state index in [4.69, 9.17) is 14.2 Å². The average molecular weight is 478 g/mol. The largest absolute Gasteiger partial charge is 0.467 e. The van der Waals surface area contributed by atoms with Gasteiger partial charge in [0, 0.05) is 31.1 Å². The van der Waals surface area contributed by atoms with Gasteiger partial charge in [0.05, 0.1) is 18.7 Å². The maximum absolute atomic E-state index is 13.0. The van der Waals surface area contributed by atoms with E-state index >= 15 is 0 Å². The number of rotatable bonds is 7. The molecule has 2 aromatic heterocycles. The zero-order chi connectivity index (χ0) is 23.7. The number of aromatic nitrogens is 4. The van der Waals surface area contributed by atoms with Crippen LogP contribution in [0, 0.1) is 5.92 Å². The van der Waals surface area contributed by atoms with Gasteiger partial charge in [0.2, 0.25) is 5.88 Å². The Kier molecular flexibility index (Phi) is 4.63. The summed E-state index contributed by atoms with van der Waals surface area (Å²) in [5.41, 5.74) is 0.718. The summed E-state index contributed by atoms with van der Waals surface area (Å²) in [5, 5.41) is 16.5. The number of carbonyl (C=O) groups is 2. The Morgan fingerprint density at radius 3 is 2.71 bits per heavy atom. The Morgan fingerprint density at radius 1 is 1.26 bits per heavy atom. The molecule has 4 aliphatic carbocycles. The zero-order valence-electron chi connectivity index (χ0n) is 18.3. The minimum Gasteiger partial charge on any atom is -0.467 e. The highest BCUT2D eigenvalue weighted by Crippen LogP contribution is 2.57. The molecule has 2 bridgehead atoms. The summed E-state index contributed by atoms with van der Waals surface area (Å²) in [6.45, 7) is 0.270. The van der Waals surface area contributed by atoms with E-state index in [1.165, 1.54) is 17.8 Å². The van der Waals surface area contributed by atoms with E-state index in [-0.39, 0.29) is 48.2 Å². The fraction of sp³-hybridized carbons (Fsp3) is 0.619. The summed E-state index contributed by atoms with van der Waals surface area (Å²) < 4.78 is 43.7. The lowest BCUT2D eigenvalue weighted by molar-refractivity contribution is -0.0510. The molecular weight excluding hydrogens is 454 g/mol. The molecule has 0 aromatic carbocycles. The first-order valence-corrected chi connectivity index (χ1v) is 11.2. The Hall–Kier alpha value is -3.22. The van der Waals surface area contributed by atoms with Crippen LogP contribution in [0.5, 0.6) is 5.88 Å². The number of hydrogen-bond acceptors (Lipinski definition) is 7. The number of alkyl halides is 2. The van der Waals surface area contributed by atoms with E-state index < -0.39 is 24.0 Å². The Labute approximate surface area is 192 Å². The minimum atomic E-state index is -2.85. The normalized spacial score (nSPS) is 32.3. The molecule has 4 saturated carbocycles. The highest BCUT2D eigenvalue weighted by atomic mass is 19.3. The molecule has 1 saturated heterocycles. The maximum atomic E-state index is 13.0. The quantitative estimate of drug-likeness (QED) is 0.556. The van der Waals surface area contributed by atoms with Crippen molar-refractivity contribution >= 4 is 17.8 Å². The number of hydrogen-bond donors (Lipinski definition) is 3. The Balaban J connectivity index is 1.01. The van der Waals surface area contributed by atoms with E-state index in [0.717, 1.165) is 25.2 Å². The first-order valence-electron chi connectivity index (χ1n) is 11.2. The molecule has 3 N–H and O–H groups in total. The van der Waals surface area contributed by atoms with Crippen molar-refractivity contribution in [1.29, 1.82) is 0 Å². The molecule has 182 valence electrons. The number of H-pyrrole nitrogens is 1. The smallest absolute Gasteiger partial charge is 0.407 e. The van der Waals surface area contributed by atoms with Crippen molar-refractivity contribution in [3.63, 3.8) is 0 Å². The number of nitrogens with zero attached hydrogens (tertiary/aromatic N) is 3. The fourth-order valence-corrected chi connectivity index (χ4v) is 4.84. The standard InChI is InChI=1S/C21H24F2N6O5/c1-29-13(4-17(28-29)34-15-8-21(15,22)23)18(30)24-16-3-12(26-27-16)14-2-11(9-32-14)33-19(31)25-20-5-10(6-20)7-20/h3-4,10-11,14-15H,2,5-9H2,1H3,(H,25,31)(H2,24,26,27,30)/t10?,11-,14-,15-,20?/m1/s1. The van der Waals surface area contributed by atoms with Crippen LogP contribution in [0.15, 0.2) is 12.1 Å². The zero-order valence-corrected chi connectivity index (χ0v) is 18.3. The van der Waals surface area contributed by atoms with Crippen molar-refractivity contribution in [1.82, 2.24) is 25.3 Å². The van der Waals surface area contributed by atoms with Gasteiger partial charge in [-0.15, -0.1) is 5.10 Å². The van der Waals surface area contributed by atoms with Gasteiger partial charge in [-0.25, -0.2) is 13.6 Å². The van der Waals surface area contributed by atoms with E-state index in [1.54, 1.807) is 6.07 Å². The number of aromatic amines is 1. The van der Waals surface area contributed by atoms with Gasteiger partial charge < -0.3 is 24.8 Å². The predicted octanol–water partition coefficient (Wildman–Crippen LogP) is 2.29. The number of amides is 2. The van der Waals surface area contributed by atoms with Crippen molar-refractivity contribution in [2.24, 2.45) is 13.0 Å². The number of nitrogens with one attached hydrogen (secondary N) is 3. The van der Waals surface area contributed by atoms with Gasteiger partial charge in [-0.05, 0) is 25.2 Å². The second-order valence-electron chi connectivity index (χ2n) is 9.69. The Morgan fingerprint density at radius 2 is 2.03 bits per heavy atom. The number of carbonyl (C=O) groups excluding carboxylic acids is 2. The molecule has 11 nitrogen and oxygen atoms in total. The third-order valence-corrected chi connectivity index (χ3v) is 6.95. The molecule has 5 aliphatic rings. The second kappa shape index (κ2) is 7.39. The lowest BCUT2D eigenvalue weighted by atomic mass is 9.50. The molecule has 7 rings (SSSR count). The number of alkyl carbamates (subject to hydrolysis) is 1. The van der Waals surface area contributed by atoms with Crippen LogP contribution in [0.1, 0.15) is 54.4 Å². The van der Waals surface area contributed by atoms with Crippen molar-refractivity contribution in [3.8, 4) is 5.88 Å². The van der Waals surface area contributed by atoms with Gasteiger partial charge in [-0.1, -0.05) is 0 Å². The SMILES string of the molecule is Cn1nc(O[C@@H]2CC2(F)F)cc1C(=O)Nc1cc([C@H]2C[C@@H](OC(=O)NC34CC(C3)C4)CO2)[nH]n1. The number of ether oxygens (including phenoxy) is 3. The number of anilines is 1. The summed E-state index contributed by atoms with van der Waals surface area (Å²) in [7, 11) is 1.51. The number of halogens is 2. The average Bonchev–Trinajstić information content (AvgIpc) is 3.18. The van der Waals surface area contributed by atoms with Gasteiger partial charge in [0.1, 0.15) is 17.9 Å². The first-order chi connectivity index (χ1) is 16.2. The minimum absolute atomic E-state index is 0.0407. The topological polar surface area (TPSA) is 132 Å². The van der Waals surface area contributed by atoms with E-state index in [9.17, 15) is 18.4 Å². The van der Waals surface area contributed by atoms with Crippen LogP contribution in [0.4, 0.5) is 19.4 Å². The highest BCUT2D eigenvalue weighted by molar-refractivity contribution is 6.02. The predicted molar refractivity (Wildman–Crippen MR) is 111 cm³/mol. The molecule has 3 heterocycles. The third kappa shape index (κ3) is 3.87. The molecule has 3 atom stereocenters. The molecule has 2 amide bonds. The summed E-state index contributed by atoms with van der Waals surface area (Å²) in [5.74, 6) is -2.39. The highest BCUT2D eigenvalue weighted by Gasteiger charge is 2.60. The van der Waals surface area contributed by atoms with Gasteiger partial charge in [-0.3, -0.25) is 14.6 Å². The molecule has 1 aliphatic heterocycles. The lowest BCUT2D eigenvalue weighted by Gasteiger charge is -2.61. The van der Waals surface area contributed by atoms with Crippen LogP contribution in [0.25, 0.3) is 0 Å². The molecule has 0 radical (unpaired) electrons.